The summed E-state index contributed by atoms with van der Waals surface area (Å²) >= 11 is 0. The smallest absolute Gasteiger partial charge is 0.112 e. The Balaban J connectivity index is 1.03. The molecule has 0 aliphatic heterocycles. The fourth-order valence-corrected chi connectivity index (χ4v) is 16.8. The van der Waals surface area contributed by atoms with Gasteiger partial charge in [0.25, 0.3) is 0 Å². The summed E-state index contributed by atoms with van der Waals surface area (Å²) in [6.07, 6.45) is 42.2. The molecule has 56 heavy (non-hydrogen) atoms. The third-order valence-electron chi connectivity index (χ3n) is 20.2. The maximum absolute atomic E-state index is 13.6. The molecule has 0 bridgehead atoms. The molecule has 2 atom stereocenters. The van der Waals surface area contributed by atoms with E-state index in [2.05, 4.69) is 0 Å². The Labute approximate surface area is 344 Å². The van der Waals surface area contributed by atoms with Gasteiger partial charge in [-0.2, -0.15) is 0 Å². The van der Waals surface area contributed by atoms with Crippen LogP contribution in [0, 0.1) is 71.0 Å². The molecule has 0 saturated heterocycles. The first kappa shape index (κ1) is 42.5. The van der Waals surface area contributed by atoms with Crippen molar-refractivity contribution in [2.24, 2.45) is 71.0 Å². The molecule has 8 fully saturated rings. The molecule has 4 heteroatoms. The van der Waals surface area contributed by atoms with Crippen LogP contribution in [0.3, 0.4) is 0 Å². The molecule has 4 nitrogen and oxygen atoms in total. The van der Waals surface area contributed by atoms with Crippen LogP contribution in [-0.4, -0.2) is 43.8 Å². The first-order chi connectivity index (χ1) is 27.4. The SMILES string of the molecule is OC(C(O)C(O)(C1CCC(C2CCCCC2)CC1)C1CCC(C2CCCCC2)CC1)C(O)(C1CCC(C2CCCCC2)CC1)C1CCC(C2CCCCC2)CC1. The number of hydrogen-bond acceptors (Lipinski definition) is 4. The van der Waals surface area contributed by atoms with E-state index in [4.69, 9.17) is 0 Å². The molecule has 0 radical (unpaired) electrons. The number of aliphatic hydroxyl groups is 4. The second-order valence-corrected chi connectivity index (χ2v) is 22.7. The lowest BCUT2D eigenvalue weighted by molar-refractivity contribution is -0.255. The third kappa shape index (κ3) is 9.20. The average Bonchev–Trinajstić information content (AvgIpc) is 3.29. The molecule has 8 rings (SSSR count). The van der Waals surface area contributed by atoms with Crippen molar-refractivity contribution in [2.45, 2.75) is 255 Å². The van der Waals surface area contributed by atoms with Gasteiger partial charge in [-0.1, -0.05) is 128 Å². The second-order valence-electron chi connectivity index (χ2n) is 22.7. The summed E-state index contributed by atoms with van der Waals surface area (Å²) < 4.78 is 0. The van der Waals surface area contributed by atoms with Crippen LogP contribution < -0.4 is 0 Å². The van der Waals surface area contributed by atoms with Crippen molar-refractivity contribution in [3.05, 3.63) is 0 Å². The molecule has 0 heterocycles. The minimum atomic E-state index is -1.33. The monoisotopic (exact) mass is 779 g/mol. The lowest BCUT2D eigenvalue weighted by Crippen LogP contribution is -2.68. The van der Waals surface area contributed by atoms with Gasteiger partial charge in [0, 0.05) is 0 Å². The third-order valence-corrected chi connectivity index (χ3v) is 20.2. The molecule has 2 unspecified atom stereocenters. The van der Waals surface area contributed by atoms with Crippen LogP contribution >= 0.6 is 0 Å². The Hall–Kier alpha value is -0.160. The molecule has 0 aromatic heterocycles. The molecular weight excluding hydrogens is 689 g/mol. The second kappa shape index (κ2) is 19.7. The Morgan fingerprint density at radius 2 is 0.393 bits per heavy atom. The van der Waals surface area contributed by atoms with E-state index < -0.39 is 23.4 Å². The van der Waals surface area contributed by atoms with Gasteiger partial charge in [-0.05, 0) is 174 Å². The van der Waals surface area contributed by atoms with Gasteiger partial charge in [0.1, 0.15) is 12.2 Å². The lowest BCUT2D eigenvalue weighted by atomic mass is 9.55. The number of aliphatic hydroxyl groups excluding tert-OH is 2. The zero-order valence-electron chi connectivity index (χ0n) is 36.3. The first-order valence-electron chi connectivity index (χ1n) is 26.2. The van der Waals surface area contributed by atoms with Crippen molar-refractivity contribution in [1.82, 2.24) is 0 Å². The summed E-state index contributed by atoms with van der Waals surface area (Å²) in [5.74, 6) is 6.46. The topological polar surface area (TPSA) is 80.9 Å². The van der Waals surface area contributed by atoms with E-state index >= 15 is 0 Å². The highest BCUT2D eigenvalue weighted by Crippen LogP contribution is 2.55. The van der Waals surface area contributed by atoms with Crippen LogP contribution in [-0.2, 0) is 0 Å². The van der Waals surface area contributed by atoms with Gasteiger partial charge in [-0.25, -0.2) is 0 Å². The van der Waals surface area contributed by atoms with E-state index in [1.165, 1.54) is 180 Å². The van der Waals surface area contributed by atoms with Gasteiger partial charge in [0.15, 0.2) is 0 Å². The van der Waals surface area contributed by atoms with Crippen molar-refractivity contribution in [3.63, 3.8) is 0 Å². The van der Waals surface area contributed by atoms with Crippen LogP contribution in [0.25, 0.3) is 0 Å². The fourth-order valence-electron chi connectivity index (χ4n) is 16.8. The minimum absolute atomic E-state index is 0.0107. The zero-order valence-corrected chi connectivity index (χ0v) is 36.3. The largest absolute Gasteiger partial charge is 0.387 e. The maximum Gasteiger partial charge on any atom is 0.112 e. The van der Waals surface area contributed by atoms with Crippen molar-refractivity contribution in [1.29, 1.82) is 0 Å². The van der Waals surface area contributed by atoms with Crippen molar-refractivity contribution in [2.75, 3.05) is 0 Å². The molecule has 0 aromatic rings. The summed E-state index contributed by atoms with van der Waals surface area (Å²) in [6.45, 7) is 0. The van der Waals surface area contributed by atoms with Crippen LogP contribution in [0.1, 0.15) is 231 Å². The molecule has 0 amide bonds. The highest BCUT2D eigenvalue weighted by Gasteiger charge is 2.60. The summed E-state index contributed by atoms with van der Waals surface area (Å²) in [6, 6.07) is 0. The molecule has 0 aromatic carbocycles. The molecular formula is C52H90O4. The summed E-state index contributed by atoms with van der Waals surface area (Å²) in [4.78, 5) is 0. The maximum atomic E-state index is 13.6. The summed E-state index contributed by atoms with van der Waals surface area (Å²) in [5, 5.41) is 53.2. The van der Waals surface area contributed by atoms with Crippen LogP contribution in [0.5, 0.6) is 0 Å². The van der Waals surface area contributed by atoms with E-state index in [0.717, 1.165) is 98.7 Å². The van der Waals surface area contributed by atoms with Crippen LogP contribution in [0.15, 0.2) is 0 Å². The predicted molar refractivity (Wildman–Crippen MR) is 230 cm³/mol. The first-order valence-corrected chi connectivity index (χ1v) is 26.2. The quantitative estimate of drug-likeness (QED) is 0.168. The predicted octanol–water partition coefficient (Wildman–Crippen LogP) is 12.7. The highest BCUT2D eigenvalue weighted by atomic mass is 16.4. The normalized spacial score (nSPS) is 40.3. The standard InChI is InChI=1S/C52H90O4/c53-49(51(55,45-29-21-41(22-30-45)37-13-5-1-6-14-37)46-31-23-42(24-32-46)38-15-7-2-8-16-38)50(54)52(56,47-33-25-43(26-34-47)39-17-9-3-10-18-39)48-35-27-44(28-36-48)40-19-11-4-12-20-40/h37-50,53-56H,1-36H2. The Morgan fingerprint density at radius 3 is 0.571 bits per heavy atom. The van der Waals surface area contributed by atoms with Crippen molar-refractivity contribution >= 4 is 0 Å². The molecule has 322 valence electrons. The molecule has 0 spiro atoms. The average molecular weight is 779 g/mol. The summed E-state index contributed by atoms with van der Waals surface area (Å²) in [5.41, 5.74) is -2.66. The van der Waals surface area contributed by atoms with Crippen LogP contribution in [0.4, 0.5) is 0 Å². The van der Waals surface area contributed by atoms with Crippen LogP contribution in [0.2, 0.25) is 0 Å². The molecule has 4 N–H and O–H groups in total. The van der Waals surface area contributed by atoms with Crippen molar-refractivity contribution < 1.29 is 20.4 Å². The van der Waals surface area contributed by atoms with Gasteiger partial charge in [-0.15, -0.1) is 0 Å². The van der Waals surface area contributed by atoms with E-state index in [-0.39, 0.29) is 23.7 Å². The Bertz CT molecular complexity index is 963. The fraction of sp³-hybridized carbons (Fsp3) is 1.00. The van der Waals surface area contributed by atoms with Gasteiger partial charge in [0.2, 0.25) is 0 Å². The molecule has 8 saturated carbocycles. The summed E-state index contributed by atoms with van der Waals surface area (Å²) in [7, 11) is 0. The van der Waals surface area contributed by atoms with Gasteiger partial charge < -0.3 is 20.4 Å². The zero-order chi connectivity index (χ0) is 38.5. The van der Waals surface area contributed by atoms with E-state index in [0.29, 0.717) is 0 Å². The minimum Gasteiger partial charge on any atom is -0.387 e. The van der Waals surface area contributed by atoms with Gasteiger partial charge in [-0.3, -0.25) is 0 Å². The molecule has 8 aliphatic rings. The van der Waals surface area contributed by atoms with Gasteiger partial charge in [0.05, 0.1) is 11.2 Å². The molecule has 8 aliphatic carbocycles. The van der Waals surface area contributed by atoms with E-state index in [9.17, 15) is 20.4 Å². The van der Waals surface area contributed by atoms with E-state index in [1.54, 1.807) is 0 Å². The van der Waals surface area contributed by atoms with E-state index in [1.807, 2.05) is 0 Å². The Kier molecular flexibility index (Phi) is 15.0. The number of hydrogen-bond donors (Lipinski definition) is 4. The van der Waals surface area contributed by atoms with Crippen molar-refractivity contribution in [3.8, 4) is 0 Å². The van der Waals surface area contributed by atoms with Gasteiger partial charge >= 0.3 is 0 Å². The highest BCUT2D eigenvalue weighted by molar-refractivity contribution is 5.11. The lowest BCUT2D eigenvalue weighted by Gasteiger charge is -2.56. The Morgan fingerprint density at radius 1 is 0.232 bits per heavy atom. The number of rotatable bonds is 11.